The van der Waals surface area contributed by atoms with E-state index >= 15 is 0 Å². The Morgan fingerprint density at radius 3 is 2.81 bits per heavy atom. The van der Waals surface area contributed by atoms with Crippen LogP contribution in [0.5, 0.6) is 0 Å². The number of benzene rings is 1. The summed E-state index contributed by atoms with van der Waals surface area (Å²) in [5, 5.41) is 6.86. The summed E-state index contributed by atoms with van der Waals surface area (Å²) >= 11 is 0. The zero-order valence-electron chi connectivity index (χ0n) is 15.6. The molecule has 1 aliphatic heterocycles. The number of aromatic amines is 1. The summed E-state index contributed by atoms with van der Waals surface area (Å²) in [4.78, 5) is 16.8. The number of nitrogens with zero attached hydrogens (tertiary/aromatic N) is 3. The van der Waals surface area contributed by atoms with Gasteiger partial charge in [0.15, 0.2) is 0 Å². The summed E-state index contributed by atoms with van der Waals surface area (Å²) in [6, 6.07) is 9.86. The molecule has 3 rings (SSSR count). The molecule has 1 fully saturated rings. The highest BCUT2D eigenvalue weighted by Gasteiger charge is 2.33. The number of likely N-dealkylation sites (N-methyl/N-ethyl adjacent to an activating group) is 1. The van der Waals surface area contributed by atoms with Gasteiger partial charge in [0.1, 0.15) is 6.10 Å². The number of nitrogens with one attached hydrogen (secondary N) is 1. The number of rotatable bonds is 8. The third kappa shape index (κ3) is 4.71. The number of H-pyrrole nitrogens is 1. The molecule has 2 unspecified atom stereocenters. The summed E-state index contributed by atoms with van der Waals surface area (Å²) in [5.41, 5.74) is 2.18. The zero-order valence-corrected chi connectivity index (χ0v) is 15.6. The highest BCUT2D eigenvalue weighted by Crippen LogP contribution is 2.22. The van der Waals surface area contributed by atoms with E-state index in [0.717, 1.165) is 38.2 Å². The van der Waals surface area contributed by atoms with E-state index in [4.69, 9.17) is 4.74 Å². The minimum atomic E-state index is -0.394. The topological polar surface area (TPSA) is 61.5 Å². The lowest BCUT2D eigenvalue weighted by Crippen LogP contribution is -2.51. The molecule has 0 aliphatic carbocycles. The lowest BCUT2D eigenvalue weighted by molar-refractivity contribution is -0.138. The minimum Gasteiger partial charge on any atom is -0.364 e. The van der Waals surface area contributed by atoms with Gasteiger partial charge in [0, 0.05) is 25.0 Å². The molecule has 1 aromatic heterocycles. The molecule has 26 heavy (non-hydrogen) atoms. The Hall–Kier alpha value is -2.18. The molecule has 6 heteroatoms. The van der Waals surface area contributed by atoms with Crippen LogP contribution in [0.1, 0.15) is 25.8 Å². The third-order valence-corrected chi connectivity index (χ3v) is 4.95. The van der Waals surface area contributed by atoms with E-state index in [1.54, 1.807) is 0 Å². The summed E-state index contributed by atoms with van der Waals surface area (Å²) < 4.78 is 5.96. The van der Waals surface area contributed by atoms with Gasteiger partial charge in [-0.3, -0.25) is 9.89 Å². The van der Waals surface area contributed by atoms with E-state index in [0.29, 0.717) is 6.54 Å². The number of ether oxygens (including phenoxy) is 1. The van der Waals surface area contributed by atoms with Crippen molar-refractivity contribution in [2.24, 2.45) is 0 Å². The SMILES string of the molecule is CCN(CCc1cn[nH]c1)CCC1CN(c2ccccc2)C(=O)C(C)O1. The van der Waals surface area contributed by atoms with E-state index in [1.807, 2.05) is 54.5 Å². The van der Waals surface area contributed by atoms with Crippen molar-refractivity contribution in [2.45, 2.75) is 38.9 Å². The Kier molecular flexibility index (Phi) is 6.41. The van der Waals surface area contributed by atoms with Gasteiger partial charge in [0.25, 0.3) is 5.91 Å². The number of morpholine rings is 1. The third-order valence-electron chi connectivity index (χ3n) is 4.95. The number of carbonyl (C=O) groups excluding carboxylic acids is 1. The maximum atomic E-state index is 12.5. The highest BCUT2D eigenvalue weighted by atomic mass is 16.5. The quantitative estimate of drug-likeness (QED) is 0.789. The number of amides is 1. The van der Waals surface area contributed by atoms with Crippen molar-refractivity contribution < 1.29 is 9.53 Å². The van der Waals surface area contributed by atoms with Crippen molar-refractivity contribution in [3.05, 3.63) is 48.3 Å². The maximum absolute atomic E-state index is 12.5. The van der Waals surface area contributed by atoms with Crippen molar-refractivity contribution in [3.8, 4) is 0 Å². The van der Waals surface area contributed by atoms with Gasteiger partial charge in [-0.15, -0.1) is 0 Å². The normalized spacial score (nSPS) is 20.7. The average molecular weight is 356 g/mol. The van der Waals surface area contributed by atoms with Crippen LogP contribution in [0, 0.1) is 0 Å². The predicted molar refractivity (Wildman–Crippen MR) is 102 cm³/mol. The van der Waals surface area contributed by atoms with Gasteiger partial charge in [-0.2, -0.15) is 5.10 Å². The van der Waals surface area contributed by atoms with Gasteiger partial charge >= 0.3 is 0 Å². The molecule has 2 heterocycles. The molecule has 0 bridgehead atoms. The van der Waals surface area contributed by atoms with Crippen LogP contribution in [-0.4, -0.2) is 59.4 Å². The number of hydrogen-bond acceptors (Lipinski definition) is 4. The average Bonchev–Trinajstić information content (AvgIpc) is 3.19. The van der Waals surface area contributed by atoms with Crippen LogP contribution in [0.3, 0.4) is 0 Å². The molecule has 0 radical (unpaired) electrons. The first-order valence-corrected chi connectivity index (χ1v) is 9.39. The predicted octanol–water partition coefficient (Wildman–Crippen LogP) is 2.48. The van der Waals surface area contributed by atoms with Gasteiger partial charge < -0.3 is 14.5 Å². The van der Waals surface area contributed by atoms with E-state index < -0.39 is 6.10 Å². The number of hydrogen-bond donors (Lipinski definition) is 1. The van der Waals surface area contributed by atoms with Crippen molar-refractivity contribution >= 4 is 11.6 Å². The molecule has 1 aromatic carbocycles. The molecule has 1 aliphatic rings. The van der Waals surface area contributed by atoms with Crippen LogP contribution in [0.15, 0.2) is 42.7 Å². The molecule has 0 spiro atoms. The Morgan fingerprint density at radius 2 is 2.12 bits per heavy atom. The maximum Gasteiger partial charge on any atom is 0.255 e. The Labute approximate surface area is 155 Å². The summed E-state index contributed by atoms with van der Waals surface area (Å²) in [7, 11) is 0. The van der Waals surface area contributed by atoms with Crippen LogP contribution in [-0.2, 0) is 16.0 Å². The van der Waals surface area contributed by atoms with E-state index in [2.05, 4.69) is 22.0 Å². The largest absolute Gasteiger partial charge is 0.364 e. The van der Waals surface area contributed by atoms with Gasteiger partial charge in [-0.1, -0.05) is 25.1 Å². The van der Waals surface area contributed by atoms with Gasteiger partial charge in [-0.05, 0) is 44.0 Å². The molecule has 1 amide bonds. The first-order chi connectivity index (χ1) is 12.7. The summed E-state index contributed by atoms with van der Waals surface area (Å²) in [6.45, 7) is 7.61. The molecule has 140 valence electrons. The fourth-order valence-corrected chi connectivity index (χ4v) is 3.36. The number of para-hydroxylation sites is 1. The van der Waals surface area contributed by atoms with Crippen molar-refractivity contribution in [1.29, 1.82) is 0 Å². The van der Waals surface area contributed by atoms with Crippen LogP contribution in [0.2, 0.25) is 0 Å². The number of anilines is 1. The molecular formula is C20H28N4O2. The smallest absolute Gasteiger partial charge is 0.255 e. The second-order valence-corrected chi connectivity index (χ2v) is 6.76. The minimum absolute atomic E-state index is 0.0414. The van der Waals surface area contributed by atoms with Crippen molar-refractivity contribution in [3.63, 3.8) is 0 Å². The first kappa shape index (κ1) is 18.6. The summed E-state index contributed by atoms with van der Waals surface area (Å²) in [5.74, 6) is 0.0414. The second-order valence-electron chi connectivity index (χ2n) is 6.76. The summed E-state index contributed by atoms with van der Waals surface area (Å²) in [6.07, 6.45) is 5.40. The van der Waals surface area contributed by atoms with Crippen molar-refractivity contribution in [2.75, 3.05) is 31.1 Å². The number of carbonyl (C=O) groups is 1. The van der Waals surface area contributed by atoms with E-state index in [9.17, 15) is 4.79 Å². The zero-order chi connectivity index (χ0) is 18.4. The molecule has 6 nitrogen and oxygen atoms in total. The van der Waals surface area contributed by atoms with Crippen molar-refractivity contribution in [1.82, 2.24) is 15.1 Å². The Bertz CT molecular complexity index is 674. The molecule has 1 saturated heterocycles. The molecule has 1 N–H and O–H groups in total. The molecule has 0 saturated carbocycles. The lowest BCUT2D eigenvalue weighted by Gasteiger charge is -2.37. The van der Waals surface area contributed by atoms with Crippen LogP contribution >= 0.6 is 0 Å². The molecule has 2 atom stereocenters. The monoisotopic (exact) mass is 356 g/mol. The molecular weight excluding hydrogens is 328 g/mol. The van der Waals surface area contributed by atoms with Crippen LogP contribution in [0.25, 0.3) is 0 Å². The van der Waals surface area contributed by atoms with Gasteiger partial charge in [0.05, 0.1) is 18.8 Å². The van der Waals surface area contributed by atoms with E-state index in [-0.39, 0.29) is 12.0 Å². The van der Waals surface area contributed by atoms with Gasteiger partial charge in [-0.25, -0.2) is 0 Å². The highest BCUT2D eigenvalue weighted by molar-refractivity contribution is 5.97. The fraction of sp³-hybridized carbons (Fsp3) is 0.500. The lowest BCUT2D eigenvalue weighted by atomic mass is 10.1. The number of aromatic nitrogens is 2. The van der Waals surface area contributed by atoms with Crippen LogP contribution < -0.4 is 4.90 Å². The van der Waals surface area contributed by atoms with Gasteiger partial charge in [0.2, 0.25) is 0 Å². The van der Waals surface area contributed by atoms with Crippen LogP contribution in [0.4, 0.5) is 5.69 Å². The standard InChI is InChI=1S/C20H28N4O2/c1-3-23(11-9-17-13-21-22-14-17)12-10-19-15-24(20(25)16(2)26-19)18-7-5-4-6-8-18/h4-8,13-14,16,19H,3,9-12,15H2,1-2H3,(H,21,22). The first-order valence-electron chi connectivity index (χ1n) is 9.39. The Morgan fingerprint density at radius 1 is 1.31 bits per heavy atom. The molecule has 2 aromatic rings. The second kappa shape index (κ2) is 8.96. The fourth-order valence-electron chi connectivity index (χ4n) is 3.36. The van der Waals surface area contributed by atoms with E-state index in [1.165, 1.54) is 5.56 Å². The Balaban J connectivity index is 1.54.